The number of pyridine rings is 1. The highest BCUT2D eigenvalue weighted by Crippen LogP contribution is 2.17. The van der Waals surface area contributed by atoms with Crippen molar-refractivity contribution in [3.8, 4) is 5.75 Å². The van der Waals surface area contributed by atoms with Crippen LogP contribution < -0.4 is 10.1 Å². The molecule has 1 aromatic heterocycles. The van der Waals surface area contributed by atoms with Gasteiger partial charge in [-0.05, 0) is 19.1 Å². The van der Waals surface area contributed by atoms with E-state index in [2.05, 4.69) is 16.9 Å². The molecule has 0 radical (unpaired) electrons. The van der Waals surface area contributed by atoms with Crippen LogP contribution in [0.2, 0.25) is 0 Å². The van der Waals surface area contributed by atoms with Gasteiger partial charge in [-0.25, -0.2) is 0 Å². The Labute approximate surface area is 113 Å². The van der Waals surface area contributed by atoms with Gasteiger partial charge in [-0.1, -0.05) is 18.2 Å². The number of halogens is 1. The minimum absolute atomic E-state index is 0.289. The largest absolute Gasteiger partial charge is 0.486 e. The summed E-state index contributed by atoms with van der Waals surface area (Å²) in [5.41, 5.74) is 1.82. The SMILES string of the molecule is C=C(Cl)COc1ccc(C)nc1CNCCOC. The number of nitrogens with zero attached hydrogens (tertiary/aromatic N) is 1. The summed E-state index contributed by atoms with van der Waals surface area (Å²) in [6, 6.07) is 3.81. The molecule has 18 heavy (non-hydrogen) atoms. The zero-order chi connectivity index (χ0) is 13.4. The summed E-state index contributed by atoms with van der Waals surface area (Å²) in [5.74, 6) is 0.729. The maximum Gasteiger partial charge on any atom is 0.142 e. The minimum atomic E-state index is 0.289. The average Bonchev–Trinajstić information content (AvgIpc) is 2.33. The van der Waals surface area contributed by atoms with Gasteiger partial charge in [0, 0.05) is 30.9 Å². The van der Waals surface area contributed by atoms with Crippen LogP contribution in [0.15, 0.2) is 23.7 Å². The van der Waals surface area contributed by atoms with Crippen molar-refractivity contribution in [2.24, 2.45) is 0 Å². The Morgan fingerprint density at radius 3 is 2.94 bits per heavy atom. The summed E-state index contributed by atoms with van der Waals surface area (Å²) in [7, 11) is 1.67. The third-order valence-corrected chi connectivity index (χ3v) is 2.34. The fourth-order valence-electron chi connectivity index (χ4n) is 1.39. The number of hydrogen-bond donors (Lipinski definition) is 1. The van der Waals surface area contributed by atoms with Crippen LogP contribution in [-0.2, 0) is 11.3 Å². The fraction of sp³-hybridized carbons (Fsp3) is 0.462. The standard InChI is InChI=1S/C13H19ClN2O2/c1-10(14)9-18-13-5-4-11(2)16-12(13)8-15-6-7-17-3/h4-5,15H,1,6-9H2,2-3H3. The predicted octanol–water partition coefficient (Wildman–Crippen LogP) is 2.26. The highest BCUT2D eigenvalue weighted by atomic mass is 35.5. The summed E-state index contributed by atoms with van der Waals surface area (Å²) >= 11 is 5.68. The van der Waals surface area contributed by atoms with Crippen LogP contribution in [0.3, 0.4) is 0 Å². The van der Waals surface area contributed by atoms with E-state index in [1.165, 1.54) is 0 Å². The minimum Gasteiger partial charge on any atom is -0.486 e. The van der Waals surface area contributed by atoms with E-state index in [4.69, 9.17) is 21.1 Å². The molecule has 0 unspecified atom stereocenters. The molecular weight excluding hydrogens is 252 g/mol. The Kier molecular flexibility index (Phi) is 6.72. The van der Waals surface area contributed by atoms with Crippen molar-refractivity contribution in [3.63, 3.8) is 0 Å². The third kappa shape index (κ3) is 5.49. The van der Waals surface area contributed by atoms with Crippen molar-refractivity contribution in [1.29, 1.82) is 0 Å². The van der Waals surface area contributed by atoms with Crippen molar-refractivity contribution in [3.05, 3.63) is 35.1 Å². The van der Waals surface area contributed by atoms with Crippen molar-refractivity contribution in [2.45, 2.75) is 13.5 Å². The Hall–Kier alpha value is -1.10. The smallest absolute Gasteiger partial charge is 0.142 e. The molecule has 1 rings (SSSR count). The van der Waals surface area contributed by atoms with E-state index < -0.39 is 0 Å². The molecule has 4 nitrogen and oxygen atoms in total. The van der Waals surface area contributed by atoms with Crippen molar-refractivity contribution >= 4 is 11.6 Å². The van der Waals surface area contributed by atoms with Gasteiger partial charge in [0.05, 0.1) is 12.3 Å². The van der Waals surface area contributed by atoms with Crippen LogP contribution in [-0.4, -0.2) is 31.9 Å². The van der Waals surface area contributed by atoms with E-state index in [0.717, 1.165) is 23.7 Å². The van der Waals surface area contributed by atoms with E-state index in [0.29, 0.717) is 18.2 Å². The zero-order valence-electron chi connectivity index (χ0n) is 10.8. The van der Waals surface area contributed by atoms with Gasteiger partial charge in [-0.15, -0.1) is 0 Å². The number of methoxy groups -OCH3 is 1. The molecule has 5 heteroatoms. The Morgan fingerprint density at radius 1 is 1.50 bits per heavy atom. The monoisotopic (exact) mass is 270 g/mol. The van der Waals surface area contributed by atoms with Gasteiger partial charge in [0.15, 0.2) is 0 Å². The van der Waals surface area contributed by atoms with Crippen LogP contribution in [0.4, 0.5) is 0 Å². The molecule has 0 amide bonds. The molecule has 0 saturated heterocycles. The van der Waals surface area contributed by atoms with Crippen molar-refractivity contribution in [2.75, 3.05) is 26.9 Å². The highest BCUT2D eigenvalue weighted by molar-refractivity contribution is 6.29. The molecule has 0 aliphatic heterocycles. The van der Waals surface area contributed by atoms with E-state index >= 15 is 0 Å². The first-order valence-electron chi connectivity index (χ1n) is 5.75. The molecule has 0 aliphatic carbocycles. The molecule has 0 fully saturated rings. The molecule has 0 spiro atoms. The normalized spacial score (nSPS) is 10.4. The first kappa shape index (κ1) is 15.0. The second-order valence-electron chi connectivity index (χ2n) is 3.87. The predicted molar refractivity (Wildman–Crippen MR) is 73.0 cm³/mol. The van der Waals surface area contributed by atoms with Gasteiger partial charge >= 0.3 is 0 Å². The molecule has 100 valence electrons. The Balaban J connectivity index is 2.61. The number of rotatable bonds is 8. The molecule has 1 aromatic rings. The molecule has 0 aromatic carbocycles. The molecule has 1 heterocycles. The average molecular weight is 271 g/mol. The summed E-state index contributed by atoms with van der Waals surface area (Å²) in [4.78, 5) is 4.45. The molecule has 0 bridgehead atoms. The van der Waals surface area contributed by atoms with Crippen molar-refractivity contribution < 1.29 is 9.47 Å². The molecule has 1 N–H and O–H groups in total. The molecular formula is C13H19ClN2O2. The second-order valence-corrected chi connectivity index (χ2v) is 4.41. The van der Waals surface area contributed by atoms with Gasteiger partial charge in [0.25, 0.3) is 0 Å². The molecule has 0 saturated carbocycles. The first-order chi connectivity index (χ1) is 8.63. The van der Waals surface area contributed by atoms with Crippen LogP contribution in [0, 0.1) is 6.92 Å². The number of hydrogen-bond acceptors (Lipinski definition) is 4. The number of aromatic nitrogens is 1. The summed E-state index contributed by atoms with van der Waals surface area (Å²) in [5, 5.41) is 3.70. The number of ether oxygens (including phenoxy) is 2. The van der Waals surface area contributed by atoms with Gasteiger partial charge < -0.3 is 14.8 Å². The van der Waals surface area contributed by atoms with Gasteiger partial charge in [-0.2, -0.15) is 0 Å². The number of aryl methyl sites for hydroxylation is 1. The van der Waals surface area contributed by atoms with E-state index in [9.17, 15) is 0 Å². The zero-order valence-corrected chi connectivity index (χ0v) is 11.6. The van der Waals surface area contributed by atoms with E-state index in [-0.39, 0.29) is 6.61 Å². The summed E-state index contributed by atoms with van der Waals surface area (Å²) in [6.45, 7) is 7.90. The lowest BCUT2D eigenvalue weighted by Crippen LogP contribution is -2.20. The first-order valence-corrected chi connectivity index (χ1v) is 6.13. The summed E-state index contributed by atoms with van der Waals surface area (Å²) in [6.07, 6.45) is 0. The lowest BCUT2D eigenvalue weighted by Gasteiger charge is -2.11. The van der Waals surface area contributed by atoms with Gasteiger partial charge in [-0.3, -0.25) is 4.98 Å². The van der Waals surface area contributed by atoms with E-state index in [1.54, 1.807) is 7.11 Å². The quantitative estimate of drug-likeness (QED) is 0.736. The topological polar surface area (TPSA) is 43.4 Å². The second kappa shape index (κ2) is 8.08. The van der Waals surface area contributed by atoms with Crippen molar-refractivity contribution in [1.82, 2.24) is 10.3 Å². The lowest BCUT2D eigenvalue weighted by molar-refractivity contribution is 0.199. The third-order valence-electron chi connectivity index (χ3n) is 2.23. The highest BCUT2D eigenvalue weighted by Gasteiger charge is 2.06. The maximum atomic E-state index is 5.68. The Morgan fingerprint density at radius 2 is 2.28 bits per heavy atom. The molecule has 0 aliphatic rings. The summed E-state index contributed by atoms with van der Waals surface area (Å²) < 4.78 is 10.5. The number of nitrogens with one attached hydrogen (secondary N) is 1. The van der Waals surface area contributed by atoms with E-state index in [1.807, 2.05) is 19.1 Å². The fourth-order valence-corrected chi connectivity index (χ4v) is 1.45. The van der Waals surface area contributed by atoms with Crippen LogP contribution in [0.5, 0.6) is 5.75 Å². The van der Waals surface area contributed by atoms with Crippen LogP contribution in [0.25, 0.3) is 0 Å². The van der Waals surface area contributed by atoms with Gasteiger partial charge in [0.2, 0.25) is 0 Å². The Bertz CT molecular complexity index is 397. The van der Waals surface area contributed by atoms with Crippen LogP contribution in [0.1, 0.15) is 11.4 Å². The van der Waals surface area contributed by atoms with Gasteiger partial charge in [0.1, 0.15) is 12.4 Å². The lowest BCUT2D eigenvalue weighted by atomic mass is 10.3. The maximum absolute atomic E-state index is 5.68. The molecule has 0 atom stereocenters. The van der Waals surface area contributed by atoms with Crippen LogP contribution >= 0.6 is 11.6 Å².